The molecule has 1 aliphatic heterocycles. The summed E-state index contributed by atoms with van der Waals surface area (Å²) in [6.07, 6.45) is 20.0. The number of amides is 1. The molecule has 1 saturated heterocycles. The molecule has 1 amide bonds. The number of carbonyl (C=O) groups is 2. The lowest BCUT2D eigenvalue weighted by Gasteiger charge is -2.22. The normalized spacial score (nSPS) is 19.3. The number of cyclic esters (lactones) is 1. The van der Waals surface area contributed by atoms with Crippen LogP contribution in [0.2, 0.25) is 0 Å². The van der Waals surface area contributed by atoms with Crippen molar-refractivity contribution in [1.82, 2.24) is 10.6 Å². The molecule has 0 radical (unpaired) electrons. The van der Waals surface area contributed by atoms with Crippen molar-refractivity contribution >= 4 is 24.5 Å². The van der Waals surface area contributed by atoms with E-state index in [1.165, 1.54) is 83.5 Å². The lowest BCUT2D eigenvalue weighted by atomic mass is 10.0. The number of unbranched alkanes of at least 4 members (excludes halogenated alkanes) is 14. The van der Waals surface area contributed by atoms with E-state index in [1.54, 1.807) is 0 Å². The van der Waals surface area contributed by atoms with Gasteiger partial charge in [0.1, 0.15) is 0 Å². The number of rotatable bonds is 17. The molecule has 1 atom stereocenters. The summed E-state index contributed by atoms with van der Waals surface area (Å²) in [4.78, 5) is 22.9. The molecule has 1 unspecified atom stereocenters. The molecule has 0 aromatic rings. The molecule has 1 fully saturated rings. The van der Waals surface area contributed by atoms with Gasteiger partial charge in [-0.2, -0.15) is 0 Å². The second-order valence-electron chi connectivity index (χ2n) is 7.72. The number of ether oxygens (including phenoxy) is 1. The summed E-state index contributed by atoms with van der Waals surface area (Å²) < 4.78 is 4.93. The topological polar surface area (TPSA) is 67.4 Å². The average Bonchev–Trinajstić information content (AvgIpc) is 2.96. The molecule has 0 aliphatic carbocycles. The fourth-order valence-corrected chi connectivity index (χ4v) is 3.71. The highest BCUT2D eigenvalue weighted by Crippen LogP contribution is 2.16. The Kier molecular flexibility index (Phi) is 13.7. The number of thiol groups is 1. The van der Waals surface area contributed by atoms with Crippen LogP contribution in [0, 0.1) is 0 Å². The van der Waals surface area contributed by atoms with Gasteiger partial charge in [-0.15, -0.1) is 0 Å². The molecule has 27 heavy (non-hydrogen) atoms. The Hall–Kier alpha value is -0.750. The minimum atomic E-state index is -1.33. The van der Waals surface area contributed by atoms with Crippen LogP contribution in [0.4, 0.5) is 0 Å². The Bertz CT molecular complexity index is 420. The van der Waals surface area contributed by atoms with Crippen LogP contribution >= 0.6 is 12.6 Å². The summed E-state index contributed by atoms with van der Waals surface area (Å²) in [5.74, 6) is -0.542. The smallest absolute Gasteiger partial charge is 0.323 e. The first-order valence-electron chi connectivity index (χ1n) is 11.1. The maximum atomic E-state index is 11.9. The SMILES string of the molecule is CCCCCCCCCCCCCCCCCC(=O)NC1(S)NCC(=O)O1. The molecular formula is C21H40N2O3S. The largest absolute Gasteiger partial charge is 0.414 e. The van der Waals surface area contributed by atoms with Crippen LogP contribution in [-0.4, -0.2) is 23.6 Å². The molecule has 0 bridgehead atoms. The van der Waals surface area contributed by atoms with Gasteiger partial charge in [0, 0.05) is 6.42 Å². The van der Waals surface area contributed by atoms with Crippen molar-refractivity contribution in [2.45, 2.75) is 115 Å². The van der Waals surface area contributed by atoms with Crippen LogP contribution in [0.3, 0.4) is 0 Å². The van der Waals surface area contributed by atoms with E-state index >= 15 is 0 Å². The lowest BCUT2D eigenvalue weighted by molar-refractivity contribution is -0.145. The Balaban J connectivity index is 1.80. The first kappa shape index (κ1) is 24.3. The highest BCUT2D eigenvalue weighted by atomic mass is 32.1. The van der Waals surface area contributed by atoms with Crippen molar-refractivity contribution < 1.29 is 14.3 Å². The zero-order valence-electron chi connectivity index (χ0n) is 17.2. The molecule has 0 saturated carbocycles. The number of carbonyl (C=O) groups excluding carboxylic acids is 2. The summed E-state index contributed by atoms with van der Waals surface area (Å²) in [5, 5.41) is 4.00. The van der Waals surface area contributed by atoms with Crippen molar-refractivity contribution in [3.05, 3.63) is 0 Å². The summed E-state index contributed by atoms with van der Waals surface area (Å²) >= 11 is 4.14. The summed E-state index contributed by atoms with van der Waals surface area (Å²) in [7, 11) is 0. The van der Waals surface area contributed by atoms with E-state index in [9.17, 15) is 9.59 Å². The molecule has 5 nitrogen and oxygen atoms in total. The van der Waals surface area contributed by atoms with Crippen molar-refractivity contribution in [2.75, 3.05) is 6.54 Å². The van der Waals surface area contributed by atoms with E-state index in [2.05, 4.69) is 30.2 Å². The van der Waals surface area contributed by atoms with Crippen LogP contribution in [0.25, 0.3) is 0 Å². The Labute approximate surface area is 171 Å². The van der Waals surface area contributed by atoms with Crippen LogP contribution in [-0.2, 0) is 14.3 Å². The van der Waals surface area contributed by atoms with Gasteiger partial charge in [0.2, 0.25) is 5.91 Å². The number of hydrogen-bond donors (Lipinski definition) is 3. The summed E-state index contributed by atoms with van der Waals surface area (Å²) in [6, 6.07) is 0. The highest BCUT2D eigenvalue weighted by Gasteiger charge is 2.37. The van der Waals surface area contributed by atoms with E-state index in [-0.39, 0.29) is 12.5 Å². The molecule has 0 aromatic heterocycles. The molecule has 1 heterocycles. The van der Waals surface area contributed by atoms with Crippen molar-refractivity contribution in [2.24, 2.45) is 0 Å². The van der Waals surface area contributed by atoms with Gasteiger partial charge in [-0.1, -0.05) is 109 Å². The fraction of sp³-hybridized carbons (Fsp3) is 0.905. The first-order valence-corrected chi connectivity index (χ1v) is 11.5. The maximum absolute atomic E-state index is 11.9. The summed E-state index contributed by atoms with van der Waals surface area (Å²) in [5.41, 5.74) is 0. The van der Waals surface area contributed by atoms with Gasteiger partial charge in [-0.05, 0) is 6.42 Å². The molecular weight excluding hydrogens is 360 g/mol. The highest BCUT2D eigenvalue weighted by molar-refractivity contribution is 7.81. The Morgan fingerprint density at radius 3 is 1.78 bits per heavy atom. The number of hydrogen-bond acceptors (Lipinski definition) is 5. The standard InChI is InChI=1S/C21H40N2O3S/c1-2-3-4-5-6-7-8-9-10-11-12-13-14-15-16-17-19(24)23-21(27)22-18-20(25)26-21/h22,27H,2-18H2,1H3,(H,23,24). The van der Waals surface area contributed by atoms with Gasteiger partial charge in [0.05, 0.1) is 6.54 Å². The quantitative estimate of drug-likeness (QED) is 0.138. The maximum Gasteiger partial charge on any atom is 0.323 e. The predicted octanol–water partition coefficient (Wildman–Crippen LogP) is 5.05. The molecule has 0 spiro atoms. The van der Waals surface area contributed by atoms with Gasteiger partial charge in [-0.3, -0.25) is 14.9 Å². The third kappa shape index (κ3) is 13.1. The third-order valence-electron chi connectivity index (χ3n) is 5.05. The van der Waals surface area contributed by atoms with Crippen LogP contribution in [0.5, 0.6) is 0 Å². The predicted molar refractivity (Wildman–Crippen MR) is 114 cm³/mol. The van der Waals surface area contributed by atoms with Crippen LogP contribution in [0.1, 0.15) is 110 Å². The molecule has 1 rings (SSSR count). The van der Waals surface area contributed by atoms with E-state index < -0.39 is 11.2 Å². The number of nitrogens with one attached hydrogen (secondary N) is 2. The van der Waals surface area contributed by atoms with Crippen LogP contribution < -0.4 is 10.6 Å². The van der Waals surface area contributed by atoms with Crippen molar-refractivity contribution in [1.29, 1.82) is 0 Å². The zero-order chi connectivity index (χ0) is 19.8. The third-order valence-corrected chi connectivity index (χ3v) is 5.41. The van der Waals surface area contributed by atoms with E-state index in [0.29, 0.717) is 6.42 Å². The van der Waals surface area contributed by atoms with Gasteiger partial charge in [0.15, 0.2) is 0 Å². The van der Waals surface area contributed by atoms with Gasteiger partial charge in [-0.25, -0.2) is 5.32 Å². The van der Waals surface area contributed by atoms with Gasteiger partial charge >= 0.3 is 5.97 Å². The van der Waals surface area contributed by atoms with E-state index in [1.807, 2.05) is 0 Å². The minimum absolute atomic E-state index is 0.0722. The molecule has 0 aromatic carbocycles. The zero-order valence-corrected chi connectivity index (χ0v) is 18.1. The Morgan fingerprint density at radius 2 is 1.37 bits per heavy atom. The van der Waals surface area contributed by atoms with E-state index in [0.717, 1.165) is 12.8 Å². The molecule has 1 aliphatic rings. The average molecular weight is 401 g/mol. The van der Waals surface area contributed by atoms with Gasteiger partial charge in [0.25, 0.3) is 5.18 Å². The Morgan fingerprint density at radius 1 is 0.926 bits per heavy atom. The molecule has 2 N–H and O–H groups in total. The monoisotopic (exact) mass is 400 g/mol. The van der Waals surface area contributed by atoms with Crippen molar-refractivity contribution in [3.63, 3.8) is 0 Å². The fourth-order valence-electron chi connectivity index (χ4n) is 3.41. The second-order valence-corrected chi connectivity index (χ2v) is 8.35. The van der Waals surface area contributed by atoms with E-state index in [4.69, 9.17) is 4.74 Å². The summed E-state index contributed by atoms with van der Waals surface area (Å²) in [6.45, 7) is 2.34. The lowest BCUT2D eigenvalue weighted by Crippen LogP contribution is -2.52. The number of esters is 1. The first-order chi connectivity index (χ1) is 13.1. The molecule has 158 valence electrons. The van der Waals surface area contributed by atoms with Gasteiger partial charge < -0.3 is 4.74 Å². The second kappa shape index (κ2) is 15.2. The molecule has 6 heteroatoms. The van der Waals surface area contributed by atoms with Crippen molar-refractivity contribution in [3.8, 4) is 0 Å². The minimum Gasteiger partial charge on any atom is -0.414 e. The van der Waals surface area contributed by atoms with Crippen LogP contribution in [0.15, 0.2) is 0 Å².